The number of hydrogen-bond donors (Lipinski definition) is 0. The number of nitro benzene ring substituents is 1. The summed E-state index contributed by atoms with van der Waals surface area (Å²) in [5.74, 6) is 0.803. The minimum absolute atomic E-state index is 0.101. The van der Waals surface area contributed by atoms with Crippen LogP contribution in [0.1, 0.15) is 11.1 Å². The first kappa shape index (κ1) is 19.8. The van der Waals surface area contributed by atoms with E-state index < -0.39 is 10.9 Å². The molecule has 0 aliphatic carbocycles. The first-order chi connectivity index (χ1) is 13.0. The van der Waals surface area contributed by atoms with Gasteiger partial charge in [-0.05, 0) is 18.2 Å². The first-order valence-corrected chi connectivity index (χ1v) is 7.87. The zero-order valence-electron chi connectivity index (χ0n) is 15.1. The summed E-state index contributed by atoms with van der Waals surface area (Å²) in [7, 11) is 4.50. The molecule has 142 valence electrons. The van der Waals surface area contributed by atoms with Crippen LogP contribution in [0.15, 0.2) is 42.5 Å². The van der Waals surface area contributed by atoms with Crippen LogP contribution >= 0.6 is 0 Å². The van der Waals surface area contributed by atoms with Gasteiger partial charge < -0.3 is 18.9 Å². The third-order valence-corrected chi connectivity index (χ3v) is 3.69. The Hall–Kier alpha value is -3.55. The Morgan fingerprint density at radius 1 is 1.04 bits per heavy atom. The van der Waals surface area contributed by atoms with Crippen molar-refractivity contribution < 1.29 is 28.7 Å². The fourth-order valence-corrected chi connectivity index (χ4v) is 2.35. The van der Waals surface area contributed by atoms with Crippen LogP contribution in [0.3, 0.4) is 0 Å². The smallest absolute Gasteiger partial charge is 0.331 e. The fraction of sp³-hybridized carbons (Fsp3) is 0.211. The van der Waals surface area contributed by atoms with Crippen LogP contribution < -0.4 is 14.2 Å². The van der Waals surface area contributed by atoms with E-state index in [0.717, 1.165) is 0 Å². The molecule has 0 amide bonds. The number of esters is 1. The number of ether oxygens (including phenoxy) is 4. The molecule has 2 aromatic carbocycles. The lowest BCUT2D eigenvalue weighted by molar-refractivity contribution is -0.385. The number of carbonyl (C=O) groups excluding carboxylic acids is 1. The van der Waals surface area contributed by atoms with Crippen LogP contribution in [-0.2, 0) is 16.1 Å². The maximum absolute atomic E-state index is 12.0. The molecular weight excluding hydrogens is 354 g/mol. The molecule has 2 aromatic rings. The number of carbonyl (C=O) groups is 1. The van der Waals surface area contributed by atoms with Crippen LogP contribution in [0.5, 0.6) is 17.2 Å². The summed E-state index contributed by atoms with van der Waals surface area (Å²) in [6, 6.07) is 9.37. The third-order valence-electron chi connectivity index (χ3n) is 3.69. The van der Waals surface area contributed by atoms with Gasteiger partial charge in [-0.3, -0.25) is 10.1 Å². The van der Waals surface area contributed by atoms with E-state index >= 15 is 0 Å². The molecule has 27 heavy (non-hydrogen) atoms. The van der Waals surface area contributed by atoms with E-state index in [1.54, 1.807) is 24.3 Å². The summed E-state index contributed by atoms with van der Waals surface area (Å²) in [6.45, 7) is -0.205. The van der Waals surface area contributed by atoms with Crippen molar-refractivity contribution in [2.45, 2.75) is 6.61 Å². The number of nitrogens with zero attached hydrogens (tertiary/aromatic N) is 1. The van der Waals surface area contributed by atoms with Crippen LogP contribution in [-0.4, -0.2) is 32.2 Å². The minimum Gasteiger partial charge on any atom is -0.496 e. The molecule has 8 heteroatoms. The topological polar surface area (TPSA) is 97.1 Å². The maximum atomic E-state index is 12.0. The average Bonchev–Trinajstić information content (AvgIpc) is 2.69. The second-order valence-corrected chi connectivity index (χ2v) is 5.28. The predicted molar refractivity (Wildman–Crippen MR) is 98.0 cm³/mol. The summed E-state index contributed by atoms with van der Waals surface area (Å²) in [6.07, 6.45) is 2.71. The molecule has 0 saturated carbocycles. The van der Waals surface area contributed by atoms with Crippen molar-refractivity contribution in [2.75, 3.05) is 21.3 Å². The summed E-state index contributed by atoms with van der Waals surface area (Å²) < 4.78 is 20.8. The Labute approximate surface area is 156 Å². The molecule has 0 atom stereocenters. The largest absolute Gasteiger partial charge is 0.496 e. The first-order valence-electron chi connectivity index (χ1n) is 7.87. The van der Waals surface area contributed by atoms with Crippen molar-refractivity contribution >= 4 is 17.7 Å². The fourth-order valence-electron chi connectivity index (χ4n) is 2.35. The van der Waals surface area contributed by atoms with Gasteiger partial charge in [-0.1, -0.05) is 12.1 Å². The van der Waals surface area contributed by atoms with E-state index in [0.29, 0.717) is 28.4 Å². The van der Waals surface area contributed by atoms with E-state index in [9.17, 15) is 14.9 Å². The molecule has 0 bridgehead atoms. The highest BCUT2D eigenvalue weighted by Crippen LogP contribution is 2.35. The van der Waals surface area contributed by atoms with Crippen molar-refractivity contribution in [1.29, 1.82) is 0 Å². The van der Waals surface area contributed by atoms with E-state index in [-0.39, 0.29) is 12.3 Å². The third kappa shape index (κ3) is 4.97. The minimum atomic E-state index is -0.648. The van der Waals surface area contributed by atoms with Crippen molar-refractivity contribution in [3.63, 3.8) is 0 Å². The normalized spacial score (nSPS) is 10.5. The monoisotopic (exact) mass is 373 g/mol. The predicted octanol–water partition coefficient (Wildman–Crippen LogP) is 3.38. The standard InChI is InChI=1S/C19H19NO7/c1-24-16-11-18(26-3)17(25-2)10-13(16)8-9-19(21)27-12-14-6-4-5-7-15(14)20(22)23/h4-11H,12H2,1-3H3/b9-8+. The molecule has 0 saturated heterocycles. The molecule has 0 aromatic heterocycles. The van der Waals surface area contributed by atoms with E-state index in [4.69, 9.17) is 18.9 Å². The number of methoxy groups -OCH3 is 3. The van der Waals surface area contributed by atoms with Gasteiger partial charge in [0.25, 0.3) is 5.69 Å². The molecule has 0 unspecified atom stereocenters. The molecule has 0 aliphatic rings. The summed E-state index contributed by atoms with van der Waals surface area (Å²) in [5, 5.41) is 11.0. The van der Waals surface area contributed by atoms with Gasteiger partial charge >= 0.3 is 5.97 Å². The Balaban J connectivity index is 2.12. The molecule has 0 aliphatic heterocycles. The van der Waals surface area contributed by atoms with Gasteiger partial charge in [-0.25, -0.2) is 4.79 Å². The van der Waals surface area contributed by atoms with Gasteiger partial charge in [0.05, 0.1) is 31.8 Å². The van der Waals surface area contributed by atoms with Gasteiger partial charge in [0.1, 0.15) is 12.4 Å². The van der Waals surface area contributed by atoms with E-state index in [2.05, 4.69) is 0 Å². The Morgan fingerprint density at radius 2 is 1.67 bits per heavy atom. The lowest BCUT2D eigenvalue weighted by Gasteiger charge is -2.12. The summed E-state index contributed by atoms with van der Waals surface area (Å²) in [4.78, 5) is 22.4. The van der Waals surface area contributed by atoms with Crippen LogP contribution in [0, 0.1) is 10.1 Å². The lowest BCUT2D eigenvalue weighted by atomic mass is 10.1. The van der Waals surface area contributed by atoms with Crippen LogP contribution in [0.25, 0.3) is 6.08 Å². The molecular formula is C19H19NO7. The lowest BCUT2D eigenvalue weighted by Crippen LogP contribution is -2.03. The van der Waals surface area contributed by atoms with Gasteiger partial charge in [-0.15, -0.1) is 0 Å². The number of hydrogen-bond acceptors (Lipinski definition) is 7. The molecule has 2 rings (SSSR count). The van der Waals surface area contributed by atoms with Crippen LogP contribution in [0.2, 0.25) is 0 Å². The number of nitro groups is 1. The number of para-hydroxylation sites is 1. The molecule has 0 fully saturated rings. The summed E-state index contributed by atoms with van der Waals surface area (Å²) in [5.41, 5.74) is 0.793. The van der Waals surface area contributed by atoms with Crippen molar-refractivity contribution in [1.82, 2.24) is 0 Å². The number of rotatable bonds is 8. The average molecular weight is 373 g/mol. The maximum Gasteiger partial charge on any atom is 0.331 e. The van der Waals surface area contributed by atoms with Crippen molar-refractivity contribution in [2.24, 2.45) is 0 Å². The van der Waals surface area contributed by atoms with Gasteiger partial charge in [0, 0.05) is 23.8 Å². The van der Waals surface area contributed by atoms with E-state index in [1.165, 1.54) is 45.6 Å². The quantitative estimate of drug-likeness (QED) is 0.303. The molecule has 0 N–H and O–H groups in total. The van der Waals surface area contributed by atoms with Gasteiger partial charge in [-0.2, -0.15) is 0 Å². The Morgan fingerprint density at radius 3 is 2.30 bits per heavy atom. The zero-order chi connectivity index (χ0) is 19.8. The second kappa shape index (κ2) is 9.23. The molecule has 0 radical (unpaired) electrons. The van der Waals surface area contributed by atoms with Crippen molar-refractivity contribution in [3.05, 3.63) is 63.7 Å². The Bertz CT molecular complexity index is 861. The SMILES string of the molecule is COc1cc(OC)c(OC)cc1/C=C/C(=O)OCc1ccccc1[N+](=O)[O-]. The molecule has 8 nitrogen and oxygen atoms in total. The molecule has 0 heterocycles. The highest BCUT2D eigenvalue weighted by Gasteiger charge is 2.14. The Kier molecular flexibility index (Phi) is 6.76. The molecule has 0 spiro atoms. The highest BCUT2D eigenvalue weighted by atomic mass is 16.6. The van der Waals surface area contributed by atoms with Gasteiger partial charge in [0.2, 0.25) is 0 Å². The van der Waals surface area contributed by atoms with Crippen molar-refractivity contribution in [3.8, 4) is 17.2 Å². The number of benzene rings is 2. The van der Waals surface area contributed by atoms with Crippen LogP contribution in [0.4, 0.5) is 5.69 Å². The highest BCUT2D eigenvalue weighted by molar-refractivity contribution is 5.88. The second-order valence-electron chi connectivity index (χ2n) is 5.28. The van der Waals surface area contributed by atoms with E-state index in [1.807, 2.05) is 0 Å². The zero-order valence-corrected chi connectivity index (χ0v) is 15.1. The summed E-state index contributed by atoms with van der Waals surface area (Å²) >= 11 is 0. The van der Waals surface area contributed by atoms with Gasteiger partial charge in [0.15, 0.2) is 11.5 Å².